The number of piperazine rings is 1. The molecule has 23 heavy (non-hydrogen) atoms. The van der Waals surface area contributed by atoms with Gasteiger partial charge in [-0.3, -0.25) is 4.90 Å². The van der Waals surface area contributed by atoms with Crippen molar-refractivity contribution in [3.63, 3.8) is 0 Å². The van der Waals surface area contributed by atoms with Gasteiger partial charge in [0.25, 0.3) is 0 Å². The van der Waals surface area contributed by atoms with Crippen LogP contribution in [0.4, 0.5) is 0 Å². The molecular formula is C18H24N2O2S. The van der Waals surface area contributed by atoms with Gasteiger partial charge in [0.1, 0.15) is 0 Å². The molecule has 1 aliphatic rings. The van der Waals surface area contributed by atoms with Gasteiger partial charge in [-0.15, -0.1) is 0 Å². The van der Waals surface area contributed by atoms with Crippen LogP contribution in [0.5, 0.6) is 11.5 Å². The highest BCUT2D eigenvalue weighted by atomic mass is 32.1. The first-order chi connectivity index (χ1) is 11.3. The van der Waals surface area contributed by atoms with Gasteiger partial charge in [0.15, 0.2) is 11.5 Å². The molecule has 3 rings (SSSR count). The van der Waals surface area contributed by atoms with Crippen LogP contribution < -0.4 is 14.8 Å². The van der Waals surface area contributed by atoms with Crippen molar-refractivity contribution in [1.29, 1.82) is 0 Å². The van der Waals surface area contributed by atoms with E-state index in [9.17, 15) is 0 Å². The van der Waals surface area contributed by atoms with Gasteiger partial charge in [-0.2, -0.15) is 11.3 Å². The molecule has 1 aliphatic heterocycles. The van der Waals surface area contributed by atoms with Crippen LogP contribution in [0.3, 0.4) is 0 Å². The van der Waals surface area contributed by atoms with Gasteiger partial charge < -0.3 is 14.8 Å². The molecule has 2 aromatic rings. The summed E-state index contributed by atoms with van der Waals surface area (Å²) in [7, 11) is 1.68. The molecule has 2 heterocycles. The van der Waals surface area contributed by atoms with E-state index in [1.54, 1.807) is 18.4 Å². The van der Waals surface area contributed by atoms with Crippen LogP contribution in [-0.2, 0) is 0 Å². The molecule has 1 fully saturated rings. The topological polar surface area (TPSA) is 33.7 Å². The number of hydrogen-bond acceptors (Lipinski definition) is 5. The van der Waals surface area contributed by atoms with Gasteiger partial charge in [0.2, 0.25) is 0 Å². The van der Waals surface area contributed by atoms with E-state index in [1.165, 1.54) is 11.1 Å². The Bertz CT molecular complexity index is 609. The first-order valence-corrected chi connectivity index (χ1v) is 9.05. The minimum absolute atomic E-state index is 0.272. The Morgan fingerprint density at radius 3 is 2.65 bits per heavy atom. The number of nitrogens with zero attached hydrogens (tertiary/aromatic N) is 1. The van der Waals surface area contributed by atoms with E-state index < -0.39 is 0 Å². The maximum Gasteiger partial charge on any atom is 0.161 e. The molecule has 1 N–H and O–H groups in total. The molecule has 1 aromatic heterocycles. The minimum atomic E-state index is 0.272. The number of benzene rings is 1. The van der Waals surface area contributed by atoms with Gasteiger partial charge in [0.05, 0.1) is 19.8 Å². The Hall–Kier alpha value is -1.56. The zero-order valence-electron chi connectivity index (χ0n) is 13.7. The van der Waals surface area contributed by atoms with Crippen molar-refractivity contribution < 1.29 is 9.47 Å². The average Bonchev–Trinajstić information content (AvgIpc) is 3.11. The van der Waals surface area contributed by atoms with Crippen LogP contribution in [0.1, 0.15) is 24.1 Å². The van der Waals surface area contributed by atoms with Crippen LogP contribution in [0.25, 0.3) is 0 Å². The SMILES string of the molecule is CCOc1cc(C(c2ccsc2)N2CCNCC2)ccc1OC. The highest BCUT2D eigenvalue weighted by Crippen LogP contribution is 2.36. The minimum Gasteiger partial charge on any atom is -0.493 e. The standard InChI is InChI=1S/C18H24N2O2S/c1-3-22-17-12-14(4-5-16(17)21-2)18(15-6-11-23-13-15)20-9-7-19-8-10-20/h4-6,11-13,18-19H,3,7-10H2,1-2H3. The van der Waals surface area contributed by atoms with Crippen LogP contribution in [0.15, 0.2) is 35.0 Å². The van der Waals surface area contributed by atoms with Crippen molar-refractivity contribution in [1.82, 2.24) is 10.2 Å². The monoisotopic (exact) mass is 332 g/mol. The Morgan fingerprint density at radius 2 is 2.00 bits per heavy atom. The lowest BCUT2D eigenvalue weighted by molar-refractivity contribution is 0.198. The molecule has 124 valence electrons. The Labute approximate surface area is 142 Å². The van der Waals surface area contributed by atoms with Gasteiger partial charge in [-0.25, -0.2) is 0 Å². The maximum absolute atomic E-state index is 5.77. The summed E-state index contributed by atoms with van der Waals surface area (Å²) < 4.78 is 11.2. The lowest BCUT2D eigenvalue weighted by Crippen LogP contribution is -2.45. The molecule has 1 unspecified atom stereocenters. The zero-order valence-corrected chi connectivity index (χ0v) is 14.6. The fraction of sp³-hybridized carbons (Fsp3) is 0.444. The summed E-state index contributed by atoms with van der Waals surface area (Å²) in [4.78, 5) is 2.54. The maximum atomic E-state index is 5.77. The second-order valence-corrected chi connectivity index (χ2v) is 6.37. The van der Waals surface area contributed by atoms with Gasteiger partial charge in [-0.1, -0.05) is 6.07 Å². The highest BCUT2D eigenvalue weighted by Gasteiger charge is 2.25. The van der Waals surface area contributed by atoms with E-state index in [-0.39, 0.29) is 6.04 Å². The third-order valence-corrected chi connectivity index (χ3v) is 4.88. The number of nitrogens with one attached hydrogen (secondary N) is 1. The lowest BCUT2D eigenvalue weighted by atomic mass is 9.98. The molecule has 0 radical (unpaired) electrons. The summed E-state index contributed by atoms with van der Waals surface area (Å²) in [5, 5.41) is 7.83. The fourth-order valence-corrected chi connectivity index (χ4v) is 3.80. The van der Waals surface area contributed by atoms with Gasteiger partial charge in [0, 0.05) is 26.2 Å². The van der Waals surface area contributed by atoms with E-state index >= 15 is 0 Å². The Kier molecular flexibility index (Phi) is 5.54. The third-order valence-electron chi connectivity index (χ3n) is 4.18. The van der Waals surface area contributed by atoms with Crippen molar-refractivity contribution in [2.45, 2.75) is 13.0 Å². The number of rotatable bonds is 6. The first kappa shape index (κ1) is 16.3. The third kappa shape index (κ3) is 3.68. The number of hydrogen-bond donors (Lipinski definition) is 1. The molecule has 0 spiro atoms. The first-order valence-electron chi connectivity index (χ1n) is 8.11. The summed E-state index contributed by atoms with van der Waals surface area (Å²) in [6, 6.07) is 8.80. The number of ether oxygens (including phenoxy) is 2. The van der Waals surface area contributed by atoms with Crippen LogP contribution in [-0.4, -0.2) is 44.8 Å². The largest absolute Gasteiger partial charge is 0.493 e. The average molecular weight is 332 g/mol. The predicted molar refractivity (Wildman–Crippen MR) is 94.8 cm³/mol. The predicted octanol–water partition coefficient (Wildman–Crippen LogP) is 3.15. The van der Waals surface area contributed by atoms with Crippen LogP contribution >= 0.6 is 11.3 Å². The molecule has 4 nitrogen and oxygen atoms in total. The molecule has 1 atom stereocenters. The molecule has 0 aliphatic carbocycles. The van der Waals surface area contributed by atoms with E-state index in [2.05, 4.69) is 39.2 Å². The molecule has 1 saturated heterocycles. The van der Waals surface area contributed by atoms with E-state index in [0.717, 1.165) is 37.7 Å². The van der Waals surface area contributed by atoms with Crippen molar-refractivity contribution in [2.24, 2.45) is 0 Å². The summed E-state index contributed by atoms with van der Waals surface area (Å²) in [5.74, 6) is 1.61. The van der Waals surface area contributed by atoms with Crippen molar-refractivity contribution in [3.05, 3.63) is 46.2 Å². The van der Waals surface area contributed by atoms with Crippen LogP contribution in [0.2, 0.25) is 0 Å². The number of methoxy groups -OCH3 is 1. The van der Waals surface area contributed by atoms with Gasteiger partial charge >= 0.3 is 0 Å². The van der Waals surface area contributed by atoms with Crippen molar-refractivity contribution >= 4 is 11.3 Å². The molecule has 0 amide bonds. The normalized spacial score (nSPS) is 17.0. The summed E-state index contributed by atoms with van der Waals surface area (Å²) in [5.41, 5.74) is 2.61. The Balaban J connectivity index is 1.97. The van der Waals surface area contributed by atoms with E-state index in [4.69, 9.17) is 9.47 Å². The van der Waals surface area contributed by atoms with E-state index in [0.29, 0.717) is 6.61 Å². The summed E-state index contributed by atoms with van der Waals surface area (Å²) in [6.07, 6.45) is 0. The second-order valence-electron chi connectivity index (χ2n) is 5.59. The zero-order chi connectivity index (χ0) is 16.1. The quantitative estimate of drug-likeness (QED) is 0.881. The second kappa shape index (κ2) is 7.81. The molecule has 0 saturated carbocycles. The van der Waals surface area contributed by atoms with Crippen molar-refractivity contribution in [2.75, 3.05) is 39.9 Å². The number of thiophene rings is 1. The smallest absolute Gasteiger partial charge is 0.161 e. The van der Waals surface area contributed by atoms with E-state index in [1.807, 2.05) is 13.0 Å². The van der Waals surface area contributed by atoms with Crippen molar-refractivity contribution in [3.8, 4) is 11.5 Å². The van der Waals surface area contributed by atoms with Gasteiger partial charge in [-0.05, 0) is 47.0 Å². The summed E-state index contributed by atoms with van der Waals surface area (Å²) >= 11 is 1.75. The molecule has 0 bridgehead atoms. The lowest BCUT2D eigenvalue weighted by Gasteiger charge is -2.35. The molecular weight excluding hydrogens is 308 g/mol. The highest BCUT2D eigenvalue weighted by molar-refractivity contribution is 7.08. The molecule has 1 aromatic carbocycles. The summed E-state index contributed by atoms with van der Waals surface area (Å²) in [6.45, 7) is 6.81. The molecule has 5 heteroatoms. The fourth-order valence-electron chi connectivity index (χ4n) is 3.12. The van der Waals surface area contributed by atoms with Crippen LogP contribution in [0, 0.1) is 0 Å². The Morgan fingerprint density at radius 1 is 1.17 bits per heavy atom.